The van der Waals surface area contributed by atoms with Gasteiger partial charge in [-0.3, -0.25) is 14.4 Å². The summed E-state index contributed by atoms with van der Waals surface area (Å²) < 4.78 is 0. The van der Waals surface area contributed by atoms with Crippen LogP contribution in [0.5, 0.6) is 0 Å². The lowest BCUT2D eigenvalue weighted by Gasteiger charge is -2.47. The third-order valence-electron chi connectivity index (χ3n) is 4.59. The predicted octanol–water partition coefficient (Wildman–Crippen LogP) is 0.934. The van der Waals surface area contributed by atoms with E-state index < -0.39 is 5.54 Å². The van der Waals surface area contributed by atoms with Crippen LogP contribution in [-0.4, -0.2) is 59.2 Å². The topological polar surface area (TPSA) is 60.9 Å². The van der Waals surface area contributed by atoms with Crippen molar-refractivity contribution in [3.8, 4) is 0 Å². The van der Waals surface area contributed by atoms with Crippen LogP contribution >= 0.6 is 11.3 Å². The summed E-state index contributed by atoms with van der Waals surface area (Å²) in [5.74, 6) is -0.163. The van der Waals surface area contributed by atoms with Crippen LogP contribution in [0.2, 0.25) is 0 Å². The van der Waals surface area contributed by atoms with Gasteiger partial charge in [-0.1, -0.05) is 0 Å². The zero-order valence-electron chi connectivity index (χ0n) is 12.7. The first-order valence-electron chi connectivity index (χ1n) is 7.29. The van der Waals surface area contributed by atoms with Crippen molar-refractivity contribution >= 4 is 34.7 Å². The van der Waals surface area contributed by atoms with Gasteiger partial charge >= 0.3 is 0 Å². The van der Waals surface area contributed by atoms with Gasteiger partial charge in [0.25, 0.3) is 0 Å². The average molecular weight is 321 g/mol. The Balaban J connectivity index is 1.92. The first-order chi connectivity index (χ1) is 10.4. The third-order valence-corrected chi connectivity index (χ3v) is 5.27. The number of hydrogen-bond donors (Lipinski definition) is 0. The van der Waals surface area contributed by atoms with Gasteiger partial charge in [0.05, 0.1) is 17.8 Å². The van der Waals surface area contributed by atoms with Crippen molar-refractivity contribution in [2.24, 2.45) is 0 Å². The quantitative estimate of drug-likeness (QED) is 0.773. The maximum Gasteiger partial charge on any atom is 0.246 e. The number of anilines is 1. The molecule has 0 radical (unpaired) electrons. The highest BCUT2D eigenvalue weighted by Gasteiger charge is 2.50. The Bertz CT molecular complexity index is 616. The average Bonchev–Trinajstić information content (AvgIpc) is 3.11. The van der Waals surface area contributed by atoms with Gasteiger partial charge in [0.1, 0.15) is 6.54 Å². The fraction of sp³-hybridized carbons (Fsp3) is 0.533. The Kier molecular flexibility index (Phi) is 3.68. The molecule has 0 aromatic carbocycles. The van der Waals surface area contributed by atoms with E-state index in [-0.39, 0.29) is 24.3 Å². The standard InChI is InChI=1S/C15H19N3O3S/c1-11(19)16-5-4-15(9-16)10-17(13-3-6-22-8-13)14(21)7-18(15)12(2)20/h3,6,8H,4-5,7,9-10H2,1-2H3. The molecule has 2 saturated heterocycles. The lowest BCUT2D eigenvalue weighted by Crippen LogP contribution is -2.66. The lowest BCUT2D eigenvalue weighted by atomic mass is 9.92. The Morgan fingerprint density at radius 3 is 2.55 bits per heavy atom. The van der Waals surface area contributed by atoms with Gasteiger partial charge in [0.15, 0.2) is 0 Å². The number of likely N-dealkylation sites (tertiary alicyclic amines) is 1. The van der Waals surface area contributed by atoms with Gasteiger partial charge in [-0.25, -0.2) is 0 Å². The summed E-state index contributed by atoms with van der Waals surface area (Å²) in [6.07, 6.45) is 0.708. The molecule has 0 aliphatic carbocycles. The molecule has 118 valence electrons. The lowest BCUT2D eigenvalue weighted by molar-refractivity contribution is -0.143. The van der Waals surface area contributed by atoms with Crippen LogP contribution in [0.4, 0.5) is 5.69 Å². The first-order valence-corrected chi connectivity index (χ1v) is 8.23. The number of amides is 3. The van der Waals surface area contributed by atoms with Crippen molar-refractivity contribution in [3.63, 3.8) is 0 Å². The Morgan fingerprint density at radius 1 is 1.23 bits per heavy atom. The summed E-state index contributed by atoms with van der Waals surface area (Å²) in [5.41, 5.74) is 0.409. The van der Waals surface area contributed by atoms with E-state index in [1.807, 2.05) is 16.8 Å². The summed E-state index contributed by atoms with van der Waals surface area (Å²) in [5, 5.41) is 3.87. The SMILES string of the molecule is CC(=O)N1CCC2(C1)CN(c1ccsc1)C(=O)CN2C(C)=O. The van der Waals surface area contributed by atoms with Crippen LogP contribution in [0, 0.1) is 0 Å². The number of carbonyl (C=O) groups is 3. The number of thiophene rings is 1. The molecule has 0 bridgehead atoms. The van der Waals surface area contributed by atoms with Crippen LogP contribution in [0.15, 0.2) is 16.8 Å². The van der Waals surface area contributed by atoms with Gasteiger partial charge in [-0.2, -0.15) is 11.3 Å². The molecule has 2 aliphatic rings. The van der Waals surface area contributed by atoms with Crippen LogP contribution in [0.3, 0.4) is 0 Å². The van der Waals surface area contributed by atoms with E-state index in [2.05, 4.69) is 0 Å². The summed E-state index contributed by atoms with van der Waals surface area (Å²) in [6, 6.07) is 1.91. The minimum Gasteiger partial charge on any atom is -0.340 e. The summed E-state index contributed by atoms with van der Waals surface area (Å²) >= 11 is 1.54. The van der Waals surface area contributed by atoms with Gasteiger partial charge in [0, 0.05) is 32.3 Å². The van der Waals surface area contributed by atoms with Crippen molar-refractivity contribution in [3.05, 3.63) is 16.8 Å². The maximum absolute atomic E-state index is 12.4. The molecule has 3 amide bonds. The summed E-state index contributed by atoms with van der Waals surface area (Å²) in [4.78, 5) is 41.3. The van der Waals surface area contributed by atoms with Crippen molar-refractivity contribution in [1.29, 1.82) is 0 Å². The van der Waals surface area contributed by atoms with Crippen molar-refractivity contribution < 1.29 is 14.4 Å². The highest BCUT2D eigenvalue weighted by molar-refractivity contribution is 7.08. The normalized spacial score (nSPS) is 25.2. The van der Waals surface area contributed by atoms with E-state index in [9.17, 15) is 14.4 Å². The molecule has 3 rings (SSSR count). The Morgan fingerprint density at radius 2 is 2.00 bits per heavy atom. The molecule has 2 fully saturated rings. The van der Waals surface area contributed by atoms with Crippen molar-refractivity contribution in [2.75, 3.05) is 31.1 Å². The molecule has 0 saturated carbocycles. The molecule has 0 N–H and O–H groups in total. The van der Waals surface area contributed by atoms with Gasteiger partial charge in [-0.15, -0.1) is 0 Å². The molecular formula is C15H19N3O3S. The zero-order valence-corrected chi connectivity index (χ0v) is 13.6. The second-order valence-corrected chi connectivity index (χ2v) is 6.76. The maximum atomic E-state index is 12.4. The molecule has 1 aromatic rings. The Labute approximate surface area is 133 Å². The second-order valence-electron chi connectivity index (χ2n) is 5.98. The van der Waals surface area contributed by atoms with Crippen LogP contribution in [0.25, 0.3) is 0 Å². The molecule has 2 aliphatic heterocycles. The van der Waals surface area contributed by atoms with E-state index in [0.717, 1.165) is 5.69 Å². The van der Waals surface area contributed by atoms with Gasteiger partial charge in [-0.05, 0) is 17.9 Å². The third kappa shape index (κ3) is 2.39. The molecule has 7 heteroatoms. The number of piperazine rings is 1. The van der Waals surface area contributed by atoms with Crippen LogP contribution < -0.4 is 4.90 Å². The molecule has 1 unspecified atom stereocenters. The predicted molar refractivity (Wildman–Crippen MR) is 83.7 cm³/mol. The minimum atomic E-state index is -0.465. The molecular weight excluding hydrogens is 302 g/mol. The van der Waals surface area contributed by atoms with E-state index in [0.29, 0.717) is 26.1 Å². The van der Waals surface area contributed by atoms with Crippen LogP contribution in [-0.2, 0) is 14.4 Å². The first kappa shape index (κ1) is 15.0. The van der Waals surface area contributed by atoms with E-state index in [1.165, 1.54) is 18.3 Å². The summed E-state index contributed by atoms with van der Waals surface area (Å²) in [6.45, 7) is 4.69. The van der Waals surface area contributed by atoms with Crippen molar-refractivity contribution in [2.45, 2.75) is 25.8 Å². The smallest absolute Gasteiger partial charge is 0.246 e. The fourth-order valence-electron chi connectivity index (χ4n) is 3.42. The number of nitrogens with zero attached hydrogens (tertiary/aromatic N) is 3. The van der Waals surface area contributed by atoms with Crippen LogP contribution in [0.1, 0.15) is 20.3 Å². The van der Waals surface area contributed by atoms with Crippen molar-refractivity contribution in [1.82, 2.24) is 9.80 Å². The molecule has 22 heavy (non-hydrogen) atoms. The van der Waals surface area contributed by atoms with E-state index in [4.69, 9.17) is 0 Å². The van der Waals surface area contributed by atoms with E-state index in [1.54, 1.807) is 21.6 Å². The fourth-order valence-corrected chi connectivity index (χ4v) is 4.06. The van der Waals surface area contributed by atoms with Gasteiger partial charge in [0.2, 0.25) is 17.7 Å². The summed E-state index contributed by atoms with van der Waals surface area (Å²) in [7, 11) is 0. The number of rotatable bonds is 1. The van der Waals surface area contributed by atoms with Gasteiger partial charge < -0.3 is 14.7 Å². The minimum absolute atomic E-state index is 0.0133. The monoisotopic (exact) mass is 321 g/mol. The highest BCUT2D eigenvalue weighted by Crippen LogP contribution is 2.35. The molecule has 6 nitrogen and oxygen atoms in total. The zero-order chi connectivity index (χ0) is 15.9. The largest absolute Gasteiger partial charge is 0.340 e. The number of carbonyl (C=O) groups excluding carboxylic acids is 3. The highest BCUT2D eigenvalue weighted by atomic mass is 32.1. The Hall–Kier alpha value is -1.89. The second kappa shape index (κ2) is 5.39. The van der Waals surface area contributed by atoms with E-state index >= 15 is 0 Å². The molecule has 1 spiro atoms. The molecule has 1 atom stereocenters. The molecule has 3 heterocycles. The number of hydrogen-bond acceptors (Lipinski definition) is 4. The molecule has 1 aromatic heterocycles.